The van der Waals surface area contributed by atoms with Crippen LogP contribution in [-0.4, -0.2) is 19.0 Å². The van der Waals surface area contributed by atoms with Crippen LogP contribution in [0.25, 0.3) is 11.1 Å². The third-order valence-electron chi connectivity index (χ3n) is 2.36. The molecule has 88 valence electrons. The van der Waals surface area contributed by atoms with Gasteiger partial charge in [-0.15, -0.1) is 0 Å². The van der Waals surface area contributed by atoms with E-state index < -0.39 is 16.8 Å². The molecular weight excluding hydrogens is 240 g/mol. The quantitative estimate of drug-likeness (QED) is 0.630. The van der Waals surface area contributed by atoms with Gasteiger partial charge in [0.25, 0.3) is 0 Å². The maximum absolute atomic E-state index is 11.1. The monoisotopic (exact) mass is 249 g/mol. The molecule has 0 aliphatic rings. The summed E-state index contributed by atoms with van der Waals surface area (Å²) in [5.41, 5.74) is 0.638. The lowest BCUT2D eigenvalue weighted by molar-refractivity contribution is 0.403. The Labute approximate surface area is 100 Å². The van der Waals surface area contributed by atoms with Crippen LogP contribution in [0.3, 0.4) is 0 Å². The first kappa shape index (κ1) is 11.6. The number of hydrogen-bond donors (Lipinski definition) is 2. The molecule has 2 aromatic rings. The van der Waals surface area contributed by atoms with Gasteiger partial charge in [0.15, 0.2) is 11.5 Å². The lowest BCUT2D eigenvalue weighted by atomic mass is 10.0. The standard InChI is InChI=1S/C12H10O4S/c13-9-6-7-10(17(15)16)11(12(9)14)8-4-2-1-3-5-8/h1-7,13-14H,(H,15,16)/p-1. The van der Waals surface area contributed by atoms with Crippen LogP contribution >= 0.6 is 0 Å². The second-order valence-electron chi connectivity index (χ2n) is 3.41. The maximum Gasteiger partial charge on any atom is 0.166 e. The van der Waals surface area contributed by atoms with Gasteiger partial charge in [0.2, 0.25) is 0 Å². The van der Waals surface area contributed by atoms with Crippen molar-refractivity contribution in [1.82, 2.24) is 0 Å². The minimum absolute atomic E-state index is 0.0495. The summed E-state index contributed by atoms with van der Waals surface area (Å²) in [4.78, 5) is -0.0495. The van der Waals surface area contributed by atoms with Gasteiger partial charge in [0.05, 0.1) is 0 Å². The van der Waals surface area contributed by atoms with Crippen LogP contribution in [0.2, 0.25) is 0 Å². The lowest BCUT2D eigenvalue weighted by Gasteiger charge is -2.14. The molecule has 0 bridgehead atoms. The minimum Gasteiger partial charge on any atom is -0.768 e. The van der Waals surface area contributed by atoms with Crippen LogP contribution in [-0.2, 0) is 11.1 Å². The summed E-state index contributed by atoms with van der Waals surface area (Å²) in [6.45, 7) is 0. The summed E-state index contributed by atoms with van der Waals surface area (Å²) in [6, 6.07) is 10.9. The van der Waals surface area contributed by atoms with Crippen molar-refractivity contribution < 1.29 is 19.0 Å². The summed E-state index contributed by atoms with van der Waals surface area (Å²) in [5, 5.41) is 19.2. The molecule has 0 radical (unpaired) electrons. The predicted octanol–water partition coefficient (Wildman–Crippen LogP) is 2.00. The Hall–Kier alpha value is -1.85. The molecule has 0 saturated carbocycles. The van der Waals surface area contributed by atoms with E-state index in [0.29, 0.717) is 5.56 Å². The Balaban J connectivity index is 2.74. The molecule has 2 rings (SSSR count). The van der Waals surface area contributed by atoms with Crippen LogP contribution in [0.1, 0.15) is 0 Å². The van der Waals surface area contributed by atoms with Crippen LogP contribution in [0.5, 0.6) is 11.5 Å². The lowest BCUT2D eigenvalue weighted by Crippen LogP contribution is -1.93. The molecule has 0 aliphatic carbocycles. The van der Waals surface area contributed by atoms with Crippen LogP contribution in [0.15, 0.2) is 47.4 Å². The SMILES string of the molecule is O=S([O-])c1ccc(O)c(O)c1-c1ccccc1. The topological polar surface area (TPSA) is 80.6 Å². The van der Waals surface area contributed by atoms with Crippen LogP contribution in [0, 0.1) is 0 Å². The molecule has 1 unspecified atom stereocenters. The van der Waals surface area contributed by atoms with Gasteiger partial charge in [-0.05, 0) is 28.8 Å². The third kappa shape index (κ3) is 2.15. The summed E-state index contributed by atoms with van der Waals surface area (Å²) >= 11 is -2.48. The van der Waals surface area contributed by atoms with Crippen molar-refractivity contribution in [3.63, 3.8) is 0 Å². The van der Waals surface area contributed by atoms with E-state index in [1.54, 1.807) is 30.3 Å². The van der Waals surface area contributed by atoms with E-state index >= 15 is 0 Å². The van der Waals surface area contributed by atoms with Crippen molar-refractivity contribution in [2.24, 2.45) is 0 Å². The van der Waals surface area contributed by atoms with Crippen molar-refractivity contribution >= 4 is 11.1 Å². The van der Waals surface area contributed by atoms with E-state index in [4.69, 9.17) is 0 Å². The van der Waals surface area contributed by atoms with Crippen molar-refractivity contribution in [3.05, 3.63) is 42.5 Å². The number of benzene rings is 2. The number of phenolic OH excluding ortho intramolecular Hbond substituents is 2. The summed E-state index contributed by atoms with van der Waals surface area (Å²) in [7, 11) is 0. The Kier molecular flexibility index (Phi) is 3.12. The Morgan fingerprint density at radius 2 is 1.65 bits per heavy atom. The Bertz CT molecular complexity index is 566. The first-order chi connectivity index (χ1) is 8.11. The first-order valence-corrected chi connectivity index (χ1v) is 5.88. The van der Waals surface area contributed by atoms with E-state index in [1.807, 2.05) is 0 Å². The summed E-state index contributed by atoms with van der Waals surface area (Å²) in [6.07, 6.45) is 0. The first-order valence-electron chi connectivity index (χ1n) is 4.81. The zero-order chi connectivity index (χ0) is 12.4. The highest BCUT2D eigenvalue weighted by molar-refractivity contribution is 7.79. The fourth-order valence-electron chi connectivity index (χ4n) is 1.58. The highest BCUT2D eigenvalue weighted by atomic mass is 32.2. The fraction of sp³-hybridized carbons (Fsp3) is 0. The fourth-order valence-corrected chi connectivity index (χ4v) is 2.14. The Morgan fingerprint density at radius 3 is 2.24 bits per heavy atom. The largest absolute Gasteiger partial charge is 0.768 e. The second-order valence-corrected chi connectivity index (χ2v) is 4.32. The molecule has 0 saturated heterocycles. The molecule has 0 amide bonds. The number of phenols is 2. The van der Waals surface area contributed by atoms with Crippen molar-refractivity contribution in [2.75, 3.05) is 0 Å². The zero-order valence-corrected chi connectivity index (χ0v) is 9.48. The molecule has 2 aromatic carbocycles. The van der Waals surface area contributed by atoms with E-state index in [-0.39, 0.29) is 16.2 Å². The molecule has 0 fully saturated rings. The van der Waals surface area contributed by atoms with Gasteiger partial charge in [-0.25, -0.2) is 0 Å². The van der Waals surface area contributed by atoms with Crippen LogP contribution in [0.4, 0.5) is 0 Å². The van der Waals surface area contributed by atoms with Gasteiger partial charge >= 0.3 is 0 Å². The zero-order valence-electron chi connectivity index (χ0n) is 8.66. The number of hydrogen-bond acceptors (Lipinski definition) is 4. The van der Waals surface area contributed by atoms with Gasteiger partial charge in [-0.1, -0.05) is 30.3 Å². The molecule has 0 spiro atoms. The van der Waals surface area contributed by atoms with Gasteiger partial charge in [0, 0.05) is 10.5 Å². The molecule has 1 atom stereocenters. The minimum atomic E-state index is -2.48. The molecule has 0 heterocycles. The van der Waals surface area contributed by atoms with Crippen molar-refractivity contribution in [3.8, 4) is 22.6 Å². The Morgan fingerprint density at radius 1 is 1.00 bits per heavy atom. The molecule has 5 heteroatoms. The average Bonchev–Trinajstić information content (AvgIpc) is 2.33. The molecule has 4 nitrogen and oxygen atoms in total. The summed E-state index contributed by atoms with van der Waals surface area (Å²) in [5.74, 6) is -0.782. The highest BCUT2D eigenvalue weighted by Crippen LogP contribution is 2.40. The highest BCUT2D eigenvalue weighted by Gasteiger charge is 2.14. The number of aromatic hydroxyl groups is 2. The van der Waals surface area contributed by atoms with Crippen molar-refractivity contribution in [1.29, 1.82) is 0 Å². The molecular formula is C12H9O4S-. The maximum atomic E-state index is 11.1. The average molecular weight is 249 g/mol. The van der Waals surface area contributed by atoms with E-state index in [9.17, 15) is 19.0 Å². The summed E-state index contributed by atoms with van der Waals surface area (Å²) < 4.78 is 22.1. The molecule has 0 aromatic heterocycles. The molecule has 2 N–H and O–H groups in total. The third-order valence-corrected chi connectivity index (χ3v) is 3.06. The van der Waals surface area contributed by atoms with Gasteiger partial charge in [-0.3, -0.25) is 4.21 Å². The van der Waals surface area contributed by atoms with Crippen molar-refractivity contribution in [2.45, 2.75) is 4.90 Å². The van der Waals surface area contributed by atoms with Gasteiger partial charge in [-0.2, -0.15) is 0 Å². The van der Waals surface area contributed by atoms with Gasteiger partial charge in [0.1, 0.15) is 0 Å². The van der Waals surface area contributed by atoms with E-state index in [1.165, 1.54) is 6.07 Å². The van der Waals surface area contributed by atoms with Gasteiger partial charge < -0.3 is 14.8 Å². The normalized spacial score (nSPS) is 12.3. The molecule has 0 aliphatic heterocycles. The smallest absolute Gasteiger partial charge is 0.166 e. The second kappa shape index (κ2) is 4.57. The van der Waals surface area contributed by atoms with E-state index in [2.05, 4.69) is 0 Å². The van der Waals surface area contributed by atoms with E-state index in [0.717, 1.165) is 6.07 Å². The molecule has 17 heavy (non-hydrogen) atoms. The van der Waals surface area contributed by atoms with Crippen LogP contribution < -0.4 is 0 Å². The number of rotatable bonds is 2. The predicted molar refractivity (Wildman–Crippen MR) is 62.4 cm³/mol.